The second-order valence-corrected chi connectivity index (χ2v) is 4.09. The summed E-state index contributed by atoms with van der Waals surface area (Å²) in [7, 11) is 0. The number of hydrogen-bond donors (Lipinski definition) is 0. The first-order valence-corrected chi connectivity index (χ1v) is 5.23. The Morgan fingerprint density at radius 3 is 2.79 bits per heavy atom. The summed E-state index contributed by atoms with van der Waals surface area (Å²) in [4.78, 5) is 6.35. The zero-order valence-electron chi connectivity index (χ0n) is 8.15. The molecule has 0 saturated carbocycles. The predicted octanol–water partition coefficient (Wildman–Crippen LogP) is 1.76. The van der Waals surface area contributed by atoms with Gasteiger partial charge < -0.3 is 4.90 Å². The van der Waals surface area contributed by atoms with Crippen LogP contribution in [0.4, 0.5) is 5.82 Å². The van der Waals surface area contributed by atoms with Crippen molar-refractivity contribution in [3.05, 3.63) is 11.5 Å². The third-order valence-electron chi connectivity index (χ3n) is 2.63. The van der Waals surface area contributed by atoms with Crippen molar-refractivity contribution >= 4 is 17.4 Å². The van der Waals surface area contributed by atoms with Crippen LogP contribution in [0.15, 0.2) is 6.20 Å². The molecule has 0 bridgehead atoms. The molecule has 4 nitrogen and oxygen atoms in total. The maximum Gasteiger partial charge on any atom is 0.244 e. The zero-order valence-corrected chi connectivity index (χ0v) is 8.91. The van der Waals surface area contributed by atoms with Crippen LogP contribution in [0.3, 0.4) is 0 Å². The second kappa shape index (κ2) is 4.09. The minimum atomic E-state index is 0.223. The van der Waals surface area contributed by atoms with Gasteiger partial charge in [0, 0.05) is 13.1 Å². The molecule has 0 atom stereocenters. The fraction of sp³-hybridized carbons (Fsp3) is 0.667. The SMILES string of the molecule is CC1CCN(c2cnnc(Cl)n2)CC1. The van der Waals surface area contributed by atoms with Crippen LogP contribution in [-0.2, 0) is 0 Å². The molecule has 2 heterocycles. The van der Waals surface area contributed by atoms with Crippen LogP contribution in [0.2, 0.25) is 5.28 Å². The molecule has 0 spiro atoms. The second-order valence-electron chi connectivity index (χ2n) is 3.75. The first-order valence-electron chi connectivity index (χ1n) is 4.86. The summed E-state index contributed by atoms with van der Waals surface area (Å²) in [6.07, 6.45) is 4.09. The summed E-state index contributed by atoms with van der Waals surface area (Å²) in [5.41, 5.74) is 0. The van der Waals surface area contributed by atoms with E-state index in [2.05, 4.69) is 27.0 Å². The molecule has 76 valence electrons. The highest BCUT2D eigenvalue weighted by atomic mass is 35.5. The normalized spacial score (nSPS) is 18.6. The van der Waals surface area contributed by atoms with Crippen molar-refractivity contribution < 1.29 is 0 Å². The number of rotatable bonds is 1. The first kappa shape index (κ1) is 9.65. The van der Waals surface area contributed by atoms with Gasteiger partial charge in [-0.3, -0.25) is 0 Å². The molecule has 0 unspecified atom stereocenters. The Balaban J connectivity index is 2.08. The van der Waals surface area contributed by atoms with Crippen molar-refractivity contribution in [1.82, 2.24) is 15.2 Å². The molecule has 5 heteroatoms. The minimum Gasteiger partial charge on any atom is -0.355 e. The number of halogens is 1. The Hall–Kier alpha value is -0.900. The van der Waals surface area contributed by atoms with Crippen LogP contribution in [0.25, 0.3) is 0 Å². The van der Waals surface area contributed by atoms with Crippen LogP contribution < -0.4 is 4.90 Å². The van der Waals surface area contributed by atoms with Crippen molar-refractivity contribution in [2.45, 2.75) is 19.8 Å². The van der Waals surface area contributed by atoms with E-state index in [1.165, 1.54) is 12.8 Å². The van der Waals surface area contributed by atoms with Crippen molar-refractivity contribution in [3.63, 3.8) is 0 Å². The van der Waals surface area contributed by atoms with E-state index in [4.69, 9.17) is 11.6 Å². The van der Waals surface area contributed by atoms with Crippen molar-refractivity contribution in [1.29, 1.82) is 0 Å². The van der Waals surface area contributed by atoms with E-state index in [9.17, 15) is 0 Å². The smallest absolute Gasteiger partial charge is 0.244 e. The molecule has 2 rings (SSSR count). The lowest BCUT2D eigenvalue weighted by Crippen LogP contribution is -2.33. The van der Waals surface area contributed by atoms with Gasteiger partial charge in [0.05, 0.1) is 6.20 Å². The van der Waals surface area contributed by atoms with Crippen LogP contribution in [-0.4, -0.2) is 28.3 Å². The molecule has 0 aliphatic carbocycles. The van der Waals surface area contributed by atoms with Gasteiger partial charge in [0.15, 0.2) is 5.82 Å². The topological polar surface area (TPSA) is 41.9 Å². The van der Waals surface area contributed by atoms with Gasteiger partial charge >= 0.3 is 0 Å². The Kier molecular flexibility index (Phi) is 2.82. The lowest BCUT2D eigenvalue weighted by Gasteiger charge is -2.30. The fourth-order valence-corrected chi connectivity index (χ4v) is 1.79. The first-order chi connectivity index (χ1) is 6.75. The molecule has 14 heavy (non-hydrogen) atoms. The number of aromatic nitrogens is 3. The van der Waals surface area contributed by atoms with Crippen molar-refractivity contribution in [2.75, 3.05) is 18.0 Å². The highest BCUT2D eigenvalue weighted by Gasteiger charge is 2.17. The van der Waals surface area contributed by atoms with E-state index in [1.807, 2.05) is 0 Å². The van der Waals surface area contributed by atoms with Gasteiger partial charge in [-0.2, -0.15) is 10.1 Å². The summed E-state index contributed by atoms with van der Waals surface area (Å²) < 4.78 is 0. The number of anilines is 1. The third kappa shape index (κ3) is 2.12. The van der Waals surface area contributed by atoms with Crippen molar-refractivity contribution in [3.8, 4) is 0 Å². The van der Waals surface area contributed by atoms with E-state index in [-0.39, 0.29) is 5.28 Å². The molecule has 1 saturated heterocycles. The Labute approximate surface area is 88.3 Å². The molecule has 0 amide bonds. The largest absolute Gasteiger partial charge is 0.355 e. The molecule has 1 aliphatic heterocycles. The lowest BCUT2D eigenvalue weighted by molar-refractivity contribution is 0.436. The van der Waals surface area contributed by atoms with Gasteiger partial charge in [0.1, 0.15) is 0 Å². The predicted molar refractivity (Wildman–Crippen MR) is 55.4 cm³/mol. The van der Waals surface area contributed by atoms with Gasteiger partial charge in [0.2, 0.25) is 5.28 Å². The van der Waals surface area contributed by atoms with Gasteiger partial charge in [-0.05, 0) is 30.4 Å². The number of hydrogen-bond acceptors (Lipinski definition) is 4. The quantitative estimate of drug-likeness (QED) is 0.712. The molecule has 0 aromatic carbocycles. The van der Waals surface area contributed by atoms with E-state index in [1.54, 1.807) is 6.20 Å². The fourth-order valence-electron chi connectivity index (χ4n) is 1.66. The van der Waals surface area contributed by atoms with Gasteiger partial charge in [-0.25, -0.2) is 0 Å². The summed E-state index contributed by atoms with van der Waals surface area (Å²) >= 11 is 5.68. The van der Waals surface area contributed by atoms with Crippen LogP contribution >= 0.6 is 11.6 Å². The standard InChI is InChI=1S/C9H13ClN4/c1-7-2-4-14(5-3-7)8-6-11-13-9(10)12-8/h6-7H,2-5H2,1H3. The summed E-state index contributed by atoms with van der Waals surface area (Å²) in [6.45, 7) is 4.36. The Morgan fingerprint density at radius 2 is 2.14 bits per heavy atom. The molecular weight excluding hydrogens is 200 g/mol. The molecule has 0 radical (unpaired) electrons. The number of nitrogens with zero attached hydrogens (tertiary/aromatic N) is 4. The minimum absolute atomic E-state index is 0.223. The average Bonchev–Trinajstić information content (AvgIpc) is 2.19. The maximum atomic E-state index is 5.68. The number of piperidine rings is 1. The van der Waals surface area contributed by atoms with Crippen LogP contribution in [0.1, 0.15) is 19.8 Å². The van der Waals surface area contributed by atoms with Gasteiger partial charge in [-0.15, -0.1) is 5.10 Å². The van der Waals surface area contributed by atoms with Crippen LogP contribution in [0.5, 0.6) is 0 Å². The van der Waals surface area contributed by atoms with E-state index >= 15 is 0 Å². The van der Waals surface area contributed by atoms with Gasteiger partial charge in [0.25, 0.3) is 0 Å². The molecule has 0 N–H and O–H groups in total. The van der Waals surface area contributed by atoms with E-state index in [0.717, 1.165) is 24.8 Å². The van der Waals surface area contributed by atoms with E-state index < -0.39 is 0 Å². The molecule has 1 aliphatic rings. The van der Waals surface area contributed by atoms with Crippen molar-refractivity contribution in [2.24, 2.45) is 5.92 Å². The highest BCUT2D eigenvalue weighted by molar-refractivity contribution is 6.28. The molecule has 1 aromatic heterocycles. The molecule has 1 aromatic rings. The Morgan fingerprint density at radius 1 is 1.43 bits per heavy atom. The lowest BCUT2D eigenvalue weighted by atomic mass is 9.99. The highest BCUT2D eigenvalue weighted by Crippen LogP contribution is 2.20. The average molecular weight is 213 g/mol. The summed E-state index contributed by atoms with van der Waals surface area (Å²) in [5.74, 6) is 1.66. The summed E-state index contributed by atoms with van der Waals surface area (Å²) in [5, 5.41) is 7.64. The molecular formula is C9H13ClN4. The van der Waals surface area contributed by atoms with E-state index in [0.29, 0.717) is 0 Å². The Bertz CT molecular complexity index is 309. The third-order valence-corrected chi connectivity index (χ3v) is 2.79. The zero-order chi connectivity index (χ0) is 9.97. The maximum absolute atomic E-state index is 5.68. The molecule has 1 fully saturated rings. The van der Waals surface area contributed by atoms with Crippen LogP contribution in [0, 0.1) is 5.92 Å². The monoisotopic (exact) mass is 212 g/mol. The van der Waals surface area contributed by atoms with Gasteiger partial charge in [-0.1, -0.05) is 6.92 Å². The summed E-state index contributed by atoms with van der Waals surface area (Å²) in [6, 6.07) is 0.